The molecule has 1 fully saturated rings. The van der Waals surface area contributed by atoms with Gasteiger partial charge < -0.3 is 15.6 Å². The lowest BCUT2D eigenvalue weighted by Gasteiger charge is -2.31. The highest BCUT2D eigenvalue weighted by atomic mass is 16.5. The minimum atomic E-state index is -1.07. The Morgan fingerprint density at radius 1 is 1.55 bits per heavy atom. The van der Waals surface area contributed by atoms with Crippen LogP contribution in [0, 0.1) is 0 Å². The van der Waals surface area contributed by atoms with Gasteiger partial charge in [-0.05, 0) is 6.92 Å². The molecule has 1 rings (SSSR count). The van der Waals surface area contributed by atoms with E-state index in [0.717, 1.165) is 26.3 Å². The average Bonchev–Trinajstić information content (AvgIpc) is 1.85. The van der Waals surface area contributed by atoms with E-state index in [0.29, 0.717) is 6.54 Å². The van der Waals surface area contributed by atoms with E-state index >= 15 is 0 Å². The molecule has 0 bridgehead atoms. The Labute approximate surface area is 66.9 Å². The van der Waals surface area contributed by atoms with Crippen molar-refractivity contribution < 1.29 is 9.84 Å². The van der Waals surface area contributed by atoms with E-state index in [-0.39, 0.29) is 0 Å². The molecule has 1 saturated heterocycles. The summed E-state index contributed by atoms with van der Waals surface area (Å²) in [5.41, 5.74) is 4.37. The van der Waals surface area contributed by atoms with Gasteiger partial charge in [0.15, 0.2) is 0 Å². The quantitative estimate of drug-likeness (QED) is 0.508. The predicted molar refractivity (Wildman–Crippen MR) is 42.1 cm³/mol. The molecule has 0 amide bonds. The molecule has 0 unspecified atom stereocenters. The fourth-order valence-electron chi connectivity index (χ4n) is 1.21. The van der Waals surface area contributed by atoms with E-state index in [2.05, 4.69) is 4.90 Å². The summed E-state index contributed by atoms with van der Waals surface area (Å²) in [5, 5.41) is 9.27. The van der Waals surface area contributed by atoms with E-state index in [1.54, 1.807) is 6.92 Å². The highest BCUT2D eigenvalue weighted by Crippen LogP contribution is 2.01. The van der Waals surface area contributed by atoms with Crippen molar-refractivity contribution in [2.75, 3.05) is 32.8 Å². The van der Waals surface area contributed by atoms with Gasteiger partial charge in [0.2, 0.25) is 0 Å². The van der Waals surface area contributed by atoms with Crippen molar-refractivity contribution in [3.8, 4) is 0 Å². The Hall–Kier alpha value is -0.160. The number of hydrogen-bond acceptors (Lipinski definition) is 4. The number of hydrogen-bond donors (Lipinski definition) is 2. The van der Waals surface area contributed by atoms with Crippen LogP contribution in [0.2, 0.25) is 0 Å². The molecule has 1 heterocycles. The van der Waals surface area contributed by atoms with Gasteiger partial charge in [0.25, 0.3) is 0 Å². The second kappa shape index (κ2) is 3.49. The Balaban J connectivity index is 2.24. The summed E-state index contributed by atoms with van der Waals surface area (Å²) in [5.74, 6) is 0. The third-order valence-corrected chi connectivity index (χ3v) is 1.65. The van der Waals surface area contributed by atoms with Crippen LogP contribution in [0.25, 0.3) is 0 Å². The molecule has 1 atom stereocenters. The SMILES string of the molecule is C[C@](N)(O)CN1CCOCC1. The third kappa shape index (κ3) is 3.67. The van der Waals surface area contributed by atoms with Gasteiger partial charge in [-0.15, -0.1) is 0 Å². The second-order valence-electron chi connectivity index (χ2n) is 3.25. The zero-order valence-corrected chi connectivity index (χ0v) is 6.92. The number of nitrogens with zero attached hydrogens (tertiary/aromatic N) is 1. The molecular formula is C7H16N2O2. The van der Waals surface area contributed by atoms with Crippen molar-refractivity contribution in [3.63, 3.8) is 0 Å². The van der Waals surface area contributed by atoms with Crippen LogP contribution in [0.5, 0.6) is 0 Å². The number of ether oxygens (including phenoxy) is 1. The number of rotatable bonds is 2. The molecular weight excluding hydrogens is 144 g/mol. The topological polar surface area (TPSA) is 58.7 Å². The lowest BCUT2D eigenvalue weighted by atomic mass is 10.2. The minimum Gasteiger partial charge on any atom is -0.379 e. The summed E-state index contributed by atoms with van der Waals surface area (Å²) in [6.45, 7) is 5.37. The number of aliphatic hydroxyl groups is 1. The van der Waals surface area contributed by atoms with Crippen LogP contribution in [0.3, 0.4) is 0 Å². The highest BCUT2D eigenvalue weighted by molar-refractivity contribution is 4.72. The molecule has 0 aliphatic carbocycles. The van der Waals surface area contributed by atoms with Crippen LogP contribution in [-0.2, 0) is 4.74 Å². The zero-order chi connectivity index (χ0) is 8.32. The first-order valence-corrected chi connectivity index (χ1v) is 3.89. The van der Waals surface area contributed by atoms with Gasteiger partial charge in [0.05, 0.1) is 13.2 Å². The Morgan fingerprint density at radius 3 is 2.55 bits per heavy atom. The first-order valence-electron chi connectivity index (χ1n) is 3.89. The predicted octanol–water partition coefficient (Wildman–Crippen LogP) is -1.01. The van der Waals surface area contributed by atoms with Crippen LogP contribution < -0.4 is 5.73 Å². The zero-order valence-electron chi connectivity index (χ0n) is 6.92. The number of nitrogens with two attached hydrogens (primary N) is 1. The molecule has 0 aromatic heterocycles. The Kier molecular flexibility index (Phi) is 2.84. The van der Waals surface area contributed by atoms with Crippen molar-refractivity contribution in [3.05, 3.63) is 0 Å². The molecule has 1 aliphatic heterocycles. The maximum Gasteiger partial charge on any atom is 0.123 e. The van der Waals surface area contributed by atoms with Crippen molar-refractivity contribution in [1.82, 2.24) is 4.90 Å². The molecule has 4 heteroatoms. The van der Waals surface area contributed by atoms with Gasteiger partial charge in [-0.3, -0.25) is 4.90 Å². The average molecular weight is 160 g/mol. The van der Waals surface area contributed by atoms with Gasteiger partial charge in [-0.2, -0.15) is 0 Å². The molecule has 0 aromatic rings. The molecule has 0 aromatic carbocycles. The normalized spacial score (nSPS) is 26.5. The van der Waals surface area contributed by atoms with Crippen molar-refractivity contribution in [2.24, 2.45) is 5.73 Å². The summed E-state index contributed by atoms with van der Waals surface area (Å²) in [6.07, 6.45) is 0. The van der Waals surface area contributed by atoms with Gasteiger partial charge in [0, 0.05) is 19.6 Å². The summed E-state index contributed by atoms with van der Waals surface area (Å²) in [6, 6.07) is 0. The number of β-amino-alcohol motifs (C(OH)–C–C–N with tert-alkyl or cyclic N) is 1. The summed E-state index contributed by atoms with van der Waals surface area (Å²) >= 11 is 0. The summed E-state index contributed by atoms with van der Waals surface area (Å²) in [4.78, 5) is 2.10. The van der Waals surface area contributed by atoms with Crippen molar-refractivity contribution in [2.45, 2.75) is 12.6 Å². The first kappa shape index (κ1) is 8.93. The van der Waals surface area contributed by atoms with Crippen molar-refractivity contribution >= 4 is 0 Å². The Morgan fingerprint density at radius 2 is 2.09 bits per heavy atom. The summed E-state index contributed by atoms with van der Waals surface area (Å²) in [7, 11) is 0. The minimum absolute atomic E-state index is 0.524. The van der Waals surface area contributed by atoms with Crippen LogP contribution in [0.4, 0.5) is 0 Å². The lowest BCUT2D eigenvalue weighted by molar-refractivity contribution is -0.0194. The maximum absolute atomic E-state index is 9.27. The highest BCUT2D eigenvalue weighted by Gasteiger charge is 2.19. The van der Waals surface area contributed by atoms with E-state index < -0.39 is 5.72 Å². The smallest absolute Gasteiger partial charge is 0.123 e. The third-order valence-electron chi connectivity index (χ3n) is 1.65. The largest absolute Gasteiger partial charge is 0.379 e. The first-order chi connectivity index (χ1) is 5.08. The van der Waals surface area contributed by atoms with Gasteiger partial charge in [0.1, 0.15) is 5.72 Å². The Bertz CT molecular complexity index is 116. The van der Waals surface area contributed by atoms with Gasteiger partial charge in [-0.1, -0.05) is 0 Å². The standard InChI is InChI=1S/C7H16N2O2/c1-7(8,10)6-9-2-4-11-5-3-9/h10H,2-6,8H2,1H3/t7-/m0/s1. The molecule has 66 valence electrons. The fourth-order valence-corrected chi connectivity index (χ4v) is 1.21. The molecule has 11 heavy (non-hydrogen) atoms. The number of morpholine rings is 1. The molecule has 0 spiro atoms. The molecule has 3 N–H and O–H groups in total. The van der Waals surface area contributed by atoms with E-state index in [1.807, 2.05) is 0 Å². The lowest BCUT2D eigenvalue weighted by Crippen LogP contribution is -2.50. The maximum atomic E-state index is 9.27. The van der Waals surface area contributed by atoms with Gasteiger partial charge >= 0.3 is 0 Å². The second-order valence-corrected chi connectivity index (χ2v) is 3.25. The molecule has 0 saturated carbocycles. The van der Waals surface area contributed by atoms with Crippen molar-refractivity contribution in [1.29, 1.82) is 0 Å². The van der Waals surface area contributed by atoms with E-state index in [1.165, 1.54) is 0 Å². The van der Waals surface area contributed by atoms with E-state index in [9.17, 15) is 5.11 Å². The monoisotopic (exact) mass is 160 g/mol. The summed E-state index contributed by atoms with van der Waals surface area (Å²) < 4.78 is 5.15. The van der Waals surface area contributed by atoms with Crippen LogP contribution in [-0.4, -0.2) is 48.6 Å². The molecule has 1 aliphatic rings. The van der Waals surface area contributed by atoms with E-state index in [4.69, 9.17) is 10.5 Å². The van der Waals surface area contributed by atoms with Gasteiger partial charge in [-0.25, -0.2) is 0 Å². The fraction of sp³-hybridized carbons (Fsp3) is 1.00. The molecule has 0 radical (unpaired) electrons. The van der Waals surface area contributed by atoms with Crippen LogP contribution in [0.1, 0.15) is 6.92 Å². The molecule has 4 nitrogen and oxygen atoms in total. The van der Waals surface area contributed by atoms with Crippen LogP contribution in [0.15, 0.2) is 0 Å². The van der Waals surface area contributed by atoms with Crippen LogP contribution >= 0.6 is 0 Å².